The number of amides is 2. The van der Waals surface area contributed by atoms with E-state index >= 15 is 0 Å². The Bertz CT molecular complexity index is 781. The molecule has 0 radical (unpaired) electrons. The molecule has 0 saturated carbocycles. The summed E-state index contributed by atoms with van der Waals surface area (Å²) in [5.74, 6) is -0.289. The van der Waals surface area contributed by atoms with Gasteiger partial charge in [-0.3, -0.25) is 0 Å². The van der Waals surface area contributed by atoms with E-state index in [1.807, 2.05) is 19.9 Å². The van der Waals surface area contributed by atoms with E-state index < -0.39 is 0 Å². The van der Waals surface area contributed by atoms with E-state index in [4.69, 9.17) is 0 Å². The largest absolute Gasteiger partial charge is 0.336 e. The van der Waals surface area contributed by atoms with Crippen LogP contribution in [0.25, 0.3) is 5.69 Å². The molecule has 1 aliphatic carbocycles. The second kappa shape index (κ2) is 6.50. The van der Waals surface area contributed by atoms with Crippen LogP contribution in [0, 0.1) is 11.2 Å². The van der Waals surface area contributed by atoms with Crippen molar-refractivity contribution in [1.29, 1.82) is 0 Å². The zero-order valence-corrected chi connectivity index (χ0v) is 15.1. The molecule has 1 aromatic heterocycles. The maximum absolute atomic E-state index is 13.6. The van der Waals surface area contributed by atoms with Crippen molar-refractivity contribution in [1.82, 2.24) is 20.4 Å². The van der Waals surface area contributed by atoms with Crippen molar-refractivity contribution < 1.29 is 9.18 Å². The van der Waals surface area contributed by atoms with Crippen LogP contribution in [0.3, 0.4) is 0 Å². The van der Waals surface area contributed by atoms with Crippen molar-refractivity contribution in [2.24, 2.45) is 5.41 Å². The summed E-state index contributed by atoms with van der Waals surface area (Å²) in [4.78, 5) is 12.2. The Morgan fingerprint density at radius 1 is 1.40 bits per heavy atom. The van der Waals surface area contributed by atoms with Gasteiger partial charge in [-0.25, -0.2) is 13.9 Å². The van der Waals surface area contributed by atoms with Crippen molar-refractivity contribution in [2.75, 3.05) is 0 Å². The quantitative estimate of drug-likeness (QED) is 0.891. The molecule has 0 saturated heterocycles. The zero-order chi connectivity index (χ0) is 18.2. The number of aromatic nitrogens is 2. The van der Waals surface area contributed by atoms with Crippen LogP contribution >= 0.6 is 0 Å². The molecule has 0 spiro atoms. The van der Waals surface area contributed by atoms with E-state index in [-0.39, 0.29) is 29.3 Å². The van der Waals surface area contributed by atoms with E-state index in [2.05, 4.69) is 29.6 Å². The highest BCUT2D eigenvalue weighted by molar-refractivity contribution is 5.74. The predicted molar refractivity (Wildman–Crippen MR) is 95.2 cm³/mol. The third kappa shape index (κ3) is 3.83. The number of halogens is 1. The van der Waals surface area contributed by atoms with E-state index in [0.717, 1.165) is 24.1 Å². The molecule has 0 aliphatic heterocycles. The minimum Gasteiger partial charge on any atom is -0.336 e. The van der Waals surface area contributed by atoms with Gasteiger partial charge in [-0.1, -0.05) is 19.9 Å². The summed E-state index contributed by atoms with van der Waals surface area (Å²) in [7, 11) is 0. The number of fused-ring (bicyclic) bond motifs is 1. The molecule has 2 N–H and O–H groups in total. The van der Waals surface area contributed by atoms with E-state index in [9.17, 15) is 9.18 Å². The standard InChI is InChI=1S/C19H25FN4O/c1-12(2)22-18(25)23-16-9-19(3,4)10-17-15(16)11-21-24(17)14-7-5-6-13(20)8-14/h5-8,11-12,16H,9-10H2,1-4H3,(H2,22,23,25). The SMILES string of the molecule is CC(C)NC(=O)NC1CC(C)(C)Cc2c1cnn2-c1cccc(F)c1. The van der Waals surface area contributed by atoms with Gasteiger partial charge in [-0.05, 0) is 50.3 Å². The van der Waals surface area contributed by atoms with Crippen molar-refractivity contribution in [3.8, 4) is 5.69 Å². The van der Waals surface area contributed by atoms with Gasteiger partial charge >= 0.3 is 6.03 Å². The first-order valence-corrected chi connectivity index (χ1v) is 8.65. The van der Waals surface area contributed by atoms with Crippen LogP contribution in [0.4, 0.5) is 9.18 Å². The molecular formula is C19H25FN4O. The first-order valence-electron chi connectivity index (χ1n) is 8.65. The zero-order valence-electron chi connectivity index (χ0n) is 15.1. The monoisotopic (exact) mass is 344 g/mol. The average Bonchev–Trinajstić information content (AvgIpc) is 2.88. The van der Waals surface area contributed by atoms with Gasteiger partial charge in [0.25, 0.3) is 0 Å². The van der Waals surface area contributed by atoms with Crippen LogP contribution in [-0.2, 0) is 6.42 Å². The number of urea groups is 1. The van der Waals surface area contributed by atoms with Crippen LogP contribution in [0.2, 0.25) is 0 Å². The molecule has 2 aromatic rings. The summed E-state index contributed by atoms with van der Waals surface area (Å²) in [5, 5.41) is 10.4. The normalized spacial score (nSPS) is 18.7. The maximum Gasteiger partial charge on any atom is 0.315 e. The average molecular weight is 344 g/mol. The maximum atomic E-state index is 13.6. The lowest BCUT2D eigenvalue weighted by atomic mass is 9.74. The van der Waals surface area contributed by atoms with Crippen molar-refractivity contribution in [3.05, 3.63) is 47.5 Å². The van der Waals surface area contributed by atoms with Gasteiger partial charge in [0.2, 0.25) is 0 Å². The molecule has 134 valence electrons. The highest BCUT2D eigenvalue weighted by Gasteiger charge is 2.36. The topological polar surface area (TPSA) is 59.0 Å². The lowest BCUT2D eigenvalue weighted by molar-refractivity contribution is 0.219. The molecule has 5 nitrogen and oxygen atoms in total. The number of carbonyl (C=O) groups is 1. The summed E-state index contributed by atoms with van der Waals surface area (Å²) in [6, 6.07) is 6.20. The van der Waals surface area contributed by atoms with Crippen LogP contribution in [-0.4, -0.2) is 21.9 Å². The Balaban J connectivity index is 1.95. The fraction of sp³-hybridized carbons (Fsp3) is 0.474. The molecule has 2 amide bonds. The third-order valence-electron chi connectivity index (χ3n) is 4.46. The third-order valence-corrected chi connectivity index (χ3v) is 4.46. The lowest BCUT2D eigenvalue weighted by Crippen LogP contribution is -2.44. The molecule has 1 aliphatic rings. The van der Waals surface area contributed by atoms with Gasteiger partial charge in [0, 0.05) is 11.6 Å². The second-order valence-corrected chi connectivity index (χ2v) is 7.81. The summed E-state index contributed by atoms with van der Waals surface area (Å²) in [6.07, 6.45) is 3.44. The number of carbonyl (C=O) groups excluding carboxylic acids is 1. The molecular weight excluding hydrogens is 319 g/mol. The highest BCUT2D eigenvalue weighted by atomic mass is 19.1. The summed E-state index contributed by atoms with van der Waals surface area (Å²) in [6.45, 7) is 8.21. The molecule has 3 rings (SSSR count). The number of hydrogen-bond acceptors (Lipinski definition) is 2. The summed E-state index contributed by atoms with van der Waals surface area (Å²) in [5.41, 5.74) is 2.73. The number of nitrogens with zero attached hydrogens (tertiary/aromatic N) is 2. The van der Waals surface area contributed by atoms with Gasteiger partial charge in [0.05, 0.1) is 23.6 Å². The Morgan fingerprint density at radius 2 is 2.16 bits per heavy atom. The van der Waals surface area contributed by atoms with Crippen molar-refractivity contribution in [3.63, 3.8) is 0 Å². The van der Waals surface area contributed by atoms with Crippen LogP contribution < -0.4 is 10.6 Å². The van der Waals surface area contributed by atoms with Gasteiger partial charge in [0.1, 0.15) is 5.82 Å². The lowest BCUT2D eigenvalue weighted by Gasteiger charge is -2.36. The Kier molecular flexibility index (Phi) is 4.54. The fourth-order valence-corrected chi connectivity index (χ4v) is 3.46. The van der Waals surface area contributed by atoms with Crippen molar-refractivity contribution >= 4 is 6.03 Å². The molecule has 6 heteroatoms. The summed E-state index contributed by atoms with van der Waals surface area (Å²) < 4.78 is 15.4. The van der Waals surface area contributed by atoms with Crippen LogP contribution in [0.15, 0.2) is 30.5 Å². The Labute approximate surface area is 147 Å². The van der Waals surface area contributed by atoms with E-state index in [1.165, 1.54) is 12.1 Å². The minimum absolute atomic E-state index is 0.00782. The fourth-order valence-electron chi connectivity index (χ4n) is 3.46. The number of rotatable bonds is 3. The van der Waals surface area contributed by atoms with Gasteiger partial charge < -0.3 is 10.6 Å². The van der Waals surface area contributed by atoms with Gasteiger partial charge in [0.15, 0.2) is 0 Å². The Hall–Kier alpha value is -2.37. The van der Waals surface area contributed by atoms with Crippen molar-refractivity contribution in [2.45, 2.75) is 52.6 Å². The number of nitrogens with one attached hydrogen (secondary N) is 2. The second-order valence-electron chi connectivity index (χ2n) is 7.81. The van der Waals surface area contributed by atoms with E-state index in [0.29, 0.717) is 5.69 Å². The molecule has 1 atom stereocenters. The molecule has 1 aromatic carbocycles. The molecule has 1 heterocycles. The molecule has 0 fully saturated rings. The molecule has 1 unspecified atom stereocenters. The van der Waals surface area contributed by atoms with E-state index in [1.54, 1.807) is 16.9 Å². The Morgan fingerprint density at radius 3 is 2.84 bits per heavy atom. The van der Waals surface area contributed by atoms with Crippen LogP contribution in [0.1, 0.15) is 51.4 Å². The van der Waals surface area contributed by atoms with Gasteiger partial charge in [-0.2, -0.15) is 5.10 Å². The van der Waals surface area contributed by atoms with Crippen LogP contribution in [0.5, 0.6) is 0 Å². The van der Waals surface area contributed by atoms with Gasteiger partial charge in [-0.15, -0.1) is 0 Å². The predicted octanol–water partition coefficient (Wildman–Crippen LogP) is 3.73. The number of hydrogen-bond donors (Lipinski definition) is 2. The first-order chi connectivity index (χ1) is 11.7. The molecule has 0 bridgehead atoms. The highest BCUT2D eigenvalue weighted by Crippen LogP contribution is 2.41. The smallest absolute Gasteiger partial charge is 0.315 e. The first kappa shape index (κ1) is 17.5. The minimum atomic E-state index is -0.289. The molecule has 25 heavy (non-hydrogen) atoms. The summed E-state index contributed by atoms with van der Waals surface area (Å²) >= 11 is 0. The number of benzene rings is 1.